The topological polar surface area (TPSA) is 53.5 Å². The Bertz CT molecular complexity index is 962. The van der Waals surface area contributed by atoms with Gasteiger partial charge in [0.2, 0.25) is 5.91 Å². The number of hydrogen-bond donors (Lipinski definition) is 0. The Labute approximate surface area is 162 Å². The van der Waals surface area contributed by atoms with Gasteiger partial charge in [0, 0.05) is 43.3 Å². The summed E-state index contributed by atoms with van der Waals surface area (Å²) in [7, 11) is 0. The Morgan fingerprint density at radius 3 is 2.52 bits per heavy atom. The molecule has 27 heavy (non-hydrogen) atoms. The number of aromatic nitrogens is 1. The minimum absolute atomic E-state index is 0.0212. The second-order valence-corrected chi connectivity index (χ2v) is 7.68. The number of benzene rings is 1. The zero-order valence-corrected chi connectivity index (χ0v) is 16.0. The molecule has 0 radical (unpaired) electrons. The van der Waals surface area contributed by atoms with Crippen LogP contribution >= 0.6 is 11.3 Å². The number of thiophene rings is 1. The SMILES string of the molecule is CC(C(=O)N1CCN(C(=O)c2cccnc2)CC1)c1csc2ccccc12. The Morgan fingerprint density at radius 2 is 1.78 bits per heavy atom. The number of amides is 2. The van der Waals surface area contributed by atoms with Crippen LogP contribution in [0.5, 0.6) is 0 Å². The minimum Gasteiger partial charge on any atom is -0.339 e. The van der Waals surface area contributed by atoms with Crippen molar-refractivity contribution in [3.8, 4) is 0 Å². The Hall–Kier alpha value is -2.73. The molecule has 1 aliphatic rings. The molecule has 0 saturated carbocycles. The first-order chi connectivity index (χ1) is 13.1. The summed E-state index contributed by atoms with van der Waals surface area (Å²) >= 11 is 1.68. The van der Waals surface area contributed by atoms with Gasteiger partial charge < -0.3 is 9.80 Å². The first-order valence-electron chi connectivity index (χ1n) is 9.09. The maximum atomic E-state index is 13.0. The van der Waals surface area contributed by atoms with Crippen molar-refractivity contribution in [1.82, 2.24) is 14.8 Å². The second kappa shape index (κ2) is 7.48. The van der Waals surface area contributed by atoms with Crippen molar-refractivity contribution < 1.29 is 9.59 Å². The number of piperazine rings is 1. The van der Waals surface area contributed by atoms with Gasteiger partial charge in [-0.3, -0.25) is 14.6 Å². The predicted molar refractivity (Wildman–Crippen MR) is 107 cm³/mol. The monoisotopic (exact) mass is 379 g/mol. The van der Waals surface area contributed by atoms with Gasteiger partial charge in [-0.05, 0) is 41.5 Å². The fourth-order valence-corrected chi connectivity index (χ4v) is 4.60. The quantitative estimate of drug-likeness (QED) is 0.701. The van der Waals surface area contributed by atoms with Crippen molar-refractivity contribution in [3.05, 3.63) is 65.3 Å². The third kappa shape index (κ3) is 3.45. The molecule has 0 spiro atoms. The van der Waals surface area contributed by atoms with E-state index in [1.54, 1.807) is 40.8 Å². The van der Waals surface area contributed by atoms with Crippen LogP contribution in [-0.2, 0) is 4.79 Å². The summed E-state index contributed by atoms with van der Waals surface area (Å²) in [6, 6.07) is 11.7. The molecule has 6 heteroatoms. The van der Waals surface area contributed by atoms with Crippen LogP contribution in [0, 0.1) is 0 Å². The van der Waals surface area contributed by atoms with E-state index in [2.05, 4.69) is 22.5 Å². The first-order valence-corrected chi connectivity index (χ1v) is 9.97. The highest BCUT2D eigenvalue weighted by molar-refractivity contribution is 7.17. The van der Waals surface area contributed by atoms with Crippen LogP contribution in [0.25, 0.3) is 10.1 Å². The number of pyridine rings is 1. The maximum Gasteiger partial charge on any atom is 0.255 e. The summed E-state index contributed by atoms with van der Waals surface area (Å²) < 4.78 is 1.21. The molecule has 2 amide bonds. The van der Waals surface area contributed by atoms with E-state index in [-0.39, 0.29) is 17.7 Å². The van der Waals surface area contributed by atoms with E-state index in [9.17, 15) is 9.59 Å². The maximum absolute atomic E-state index is 13.0. The second-order valence-electron chi connectivity index (χ2n) is 6.77. The van der Waals surface area contributed by atoms with E-state index >= 15 is 0 Å². The van der Waals surface area contributed by atoms with Crippen LogP contribution in [0.2, 0.25) is 0 Å². The van der Waals surface area contributed by atoms with Crippen molar-refractivity contribution >= 4 is 33.2 Å². The fourth-order valence-electron chi connectivity index (χ4n) is 3.54. The third-order valence-electron chi connectivity index (χ3n) is 5.13. The molecule has 0 bridgehead atoms. The molecule has 1 aromatic carbocycles. The molecule has 3 aromatic rings. The number of fused-ring (bicyclic) bond motifs is 1. The number of nitrogens with zero attached hydrogens (tertiary/aromatic N) is 3. The van der Waals surface area contributed by atoms with Crippen LogP contribution in [0.4, 0.5) is 0 Å². The molecule has 1 fully saturated rings. The lowest BCUT2D eigenvalue weighted by Gasteiger charge is -2.36. The lowest BCUT2D eigenvalue weighted by molar-refractivity contribution is -0.133. The van der Waals surface area contributed by atoms with Gasteiger partial charge in [-0.2, -0.15) is 0 Å². The fraction of sp³-hybridized carbons (Fsp3) is 0.286. The van der Waals surface area contributed by atoms with Crippen LogP contribution in [0.15, 0.2) is 54.2 Å². The predicted octanol–water partition coefficient (Wildman–Crippen LogP) is 3.38. The summed E-state index contributed by atoms with van der Waals surface area (Å²) in [6.45, 7) is 4.21. The number of carbonyl (C=O) groups is 2. The highest BCUT2D eigenvalue weighted by Gasteiger charge is 2.29. The molecular weight excluding hydrogens is 358 g/mol. The smallest absolute Gasteiger partial charge is 0.255 e. The average molecular weight is 379 g/mol. The van der Waals surface area contributed by atoms with Crippen molar-refractivity contribution in [2.24, 2.45) is 0 Å². The normalized spacial score (nSPS) is 15.7. The van der Waals surface area contributed by atoms with Gasteiger partial charge in [0.15, 0.2) is 0 Å². The highest BCUT2D eigenvalue weighted by atomic mass is 32.1. The van der Waals surface area contributed by atoms with Gasteiger partial charge in [0.25, 0.3) is 5.91 Å². The van der Waals surface area contributed by atoms with Gasteiger partial charge in [0.1, 0.15) is 0 Å². The molecule has 3 heterocycles. The van der Waals surface area contributed by atoms with Crippen LogP contribution in [0.3, 0.4) is 0 Å². The van der Waals surface area contributed by atoms with Crippen molar-refractivity contribution in [3.63, 3.8) is 0 Å². The lowest BCUT2D eigenvalue weighted by Crippen LogP contribution is -2.51. The average Bonchev–Trinajstić information content (AvgIpc) is 3.17. The van der Waals surface area contributed by atoms with Crippen LogP contribution in [0.1, 0.15) is 28.8 Å². The van der Waals surface area contributed by atoms with E-state index in [1.807, 2.05) is 24.0 Å². The van der Waals surface area contributed by atoms with E-state index in [4.69, 9.17) is 0 Å². The van der Waals surface area contributed by atoms with E-state index in [0.717, 1.165) is 10.9 Å². The molecule has 0 aliphatic carbocycles. The molecule has 138 valence electrons. The summed E-state index contributed by atoms with van der Waals surface area (Å²) in [6.07, 6.45) is 3.24. The Morgan fingerprint density at radius 1 is 1.04 bits per heavy atom. The van der Waals surface area contributed by atoms with E-state index < -0.39 is 0 Å². The first kappa shape index (κ1) is 17.7. The zero-order valence-electron chi connectivity index (χ0n) is 15.2. The van der Waals surface area contributed by atoms with Crippen molar-refractivity contribution in [2.75, 3.05) is 26.2 Å². The van der Waals surface area contributed by atoms with Gasteiger partial charge in [0.05, 0.1) is 11.5 Å². The van der Waals surface area contributed by atoms with Gasteiger partial charge in [-0.25, -0.2) is 0 Å². The van der Waals surface area contributed by atoms with Gasteiger partial charge in [-0.15, -0.1) is 11.3 Å². The summed E-state index contributed by atoms with van der Waals surface area (Å²) in [5.41, 5.74) is 1.69. The Kier molecular flexibility index (Phi) is 4.90. The number of rotatable bonds is 3. The molecule has 4 rings (SSSR count). The number of carbonyl (C=O) groups excluding carboxylic acids is 2. The summed E-state index contributed by atoms with van der Waals surface area (Å²) in [5.74, 6) is -0.0687. The summed E-state index contributed by atoms with van der Waals surface area (Å²) in [5, 5.41) is 3.25. The molecule has 0 N–H and O–H groups in total. The standard InChI is InChI=1S/C21H21N3O2S/c1-15(18-14-27-19-7-3-2-6-17(18)19)20(25)23-9-11-24(12-10-23)21(26)16-5-4-8-22-13-16/h2-8,13-15H,9-12H2,1H3. The molecule has 1 unspecified atom stereocenters. The van der Waals surface area contributed by atoms with E-state index in [0.29, 0.717) is 31.7 Å². The van der Waals surface area contributed by atoms with Crippen molar-refractivity contribution in [1.29, 1.82) is 0 Å². The lowest BCUT2D eigenvalue weighted by atomic mass is 9.98. The Balaban J connectivity index is 1.42. The molecule has 5 nitrogen and oxygen atoms in total. The molecule has 1 aliphatic heterocycles. The van der Waals surface area contributed by atoms with E-state index in [1.165, 1.54) is 4.70 Å². The molecule has 1 saturated heterocycles. The zero-order chi connectivity index (χ0) is 18.8. The van der Waals surface area contributed by atoms with Gasteiger partial charge in [-0.1, -0.05) is 18.2 Å². The van der Waals surface area contributed by atoms with Gasteiger partial charge >= 0.3 is 0 Å². The van der Waals surface area contributed by atoms with Crippen molar-refractivity contribution in [2.45, 2.75) is 12.8 Å². The molecular formula is C21H21N3O2S. The van der Waals surface area contributed by atoms with Crippen LogP contribution in [-0.4, -0.2) is 52.8 Å². The number of hydrogen-bond acceptors (Lipinski definition) is 4. The van der Waals surface area contributed by atoms with Crippen LogP contribution < -0.4 is 0 Å². The summed E-state index contributed by atoms with van der Waals surface area (Å²) in [4.78, 5) is 33.2. The third-order valence-corrected chi connectivity index (χ3v) is 6.12. The largest absolute Gasteiger partial charge is 0.339 e. The highest BCUT2D eigenvalue weighted by Crippen LogP contribution is 2.32. The molecule has 2 aromatic heterocycles. The minimum atomic E-state index is -0.179. The molecule has 1 atom stereocenters.